The van der Waals surface area contributed by atoms with Crippen LogP contribution in [0.2, 0.25) is 0 Å². The van der Waals surface area contributed by atoms with Crippen LogP contribution in [-0.4, -0.2) is 21.4 Å². The number of rotatable bonds is 6. The summed E-state index contributed by atoms with van der Waals surface area (Å²) in [7, 11) is 1.81. The first-order chi connectivity index (χ1) is 10.8. The van der Waals surface area contributed by atoms with E-state index < -0.39 is 17.8 Å². The fourth-order valence-electron chi connectivity index (χ4n) is 2.41. The molecule has 0 amide bonds. The highest BCUT2D eigenvalue weighted by Crippen LogP contribution is 2.30. The van der Waals surface area contributed by atoms with E-state index in [1.807, 2.05) is 20.2 Å². The van der Waals surface area contributed by atoms with Crippen molar-refractivity contribution in [2.24, 2.45) is 7.05 Å². The van der Waals surface area contributed by atoms with Crippen LogP contribution in [0.1, 0.15) is 42.2 Å². The van der Waals surface area contributed by atoms with Gasteiger partial charge in [0.2, 0.25) is 0 Å². The molecular weight excluding hydrogens is 307 g/mol. The van der Waals surface area contributed by atoms with E-state index in [0.717, 1.165) is 24.1 Å². The predicted octanol–water partition coefficient (Wildman–Crippen LogP) is 3.21. The van der Waals surface area contributed by atoms with Crippen LogP contribution in [0, 0.1) is 0 Å². The molecule has 23 heavy (non-hydrogen) atoms. The Morgan fingerprint density at radius 3 is 2.61 bits per heavy atom. The van der Waals surface area contributed by atoms with E-state index >= 15 is 0 Å². The number of hydrogen-bond acceptors (Lipinski definition) is 3. The summed E-state index contributed by atoms with van der Waals surface area (Å²) < 4.78 is 39.8. The molecule has 2 aromatic rings. The average Bonchev–Trinajstić information content (AvgIpc) is 2.93. The first-order valence-corrected chi connectivity index (χ1v) is 7.38. The van der Waals surface area contributed by atoms with Gasteiger partial charge in [0.05, 0.1) is 17.9 Å². The van der Waals surface area contributed by atoms with Gasteiger partial charge in [0.25, 0.3) is 0 Å². The molecule has 0 fully saturated rings. The number of alkyl halides is 3. The SMILES string of the molecule is CCC(NCC(O)c1cccc(C(F)(F)F)c1)c1cnn(C)c1. The van der Waals surface area contributed by atoms with Crippen molar-refractivity contribution in [1.29, 1.82) is 0 Å². The van der Waals surface area contributed by atoms with Crippen molar-refractivity contribution in [2.45, 2.75) is 31.7 Å². The lowest BCUT2D eigenvalue weighted by Crippen LogP contribution is -2.26. The van der Waals surface area contributed by atoms with Crippen LogP contribution in [0.3, 0.4) is 0 Å². The molecule has 0 aliphatic rings. The van der Waals surface area contributed by atoms with E-state index in [-0.39, 0.29) is 18.2 Å². The van der Waals surface area contributed by atoms with E-state index in [2.05, 4.69) is 10.4 Å². The molecule has 0 aliphatic heterocycles. The average molecular weight is 327 g/mol. The van der Waals surface area contributed by atoms with Gasteiger partial charge in [-0.05, 0) is 24.1 Å². The summed E-state index contributed by atoms with van der Waals surface area (Å²) in [6.07, 6.45) is -1.04. The third kappa shape index (κ3) is 4.56. The van der Waals surface area contributed by atoms with Crippen molar-refractivity contribution in [3.8, 4) is 0 Å². The predicted molar refractivity (Wildman–Crippen MR) is 80.6 cm³/mol. The molecule has 0 saturated heterocycles. The van der Waals surface area contributed by atoms with Gasteiger partial charge in [-0.2, -0.15) is 18.3 Å². The minimum Gasteiger partial charge on any atom is -0.387 e. The lowest BCUT2D eigenvalue weighted by Gasteiger charge is -2.19. The second kappa shape index (κ2) is 7.14. The van der Waals surface area contributed by atoms with Gasteiger partial charge in [0.1, 0.15) is 0 Å². The van der Waals surface area contributed by atoms with Crippen LogP contribution in [0.5, 0.6) is 0 Å². The minimum absolute atomic E-state index is 0.0100. The molecule has 0 radical (unpaired) electrons. The molecule has 2 rings (SSSR count). The van der Waals surface area contributed by atoms with Gasteiger partial charge in [0.15, 0.2) is 0 Å². The maximum atomic E-state index is 12.7. The van der Waals surface area contributed by atoms with Gasteiger partial charge < -0.3 is 10.4 Å². The van der Waals surface area contributed by atoms with Crippen molar-refractivity contribution in [2.75, 3.05) is 6.54 Å². The number of aliphatic hydroxyl groups excluding tert-OH is 1. The Bertz CT molecular complexity index is 639. The van der Waals surface area contributed by atoms with Crippen LogP contribution < -0.4 is 5.32 Å². The van der Waals surface area contributed by atoms with Crippen LogP contribution in [0.4, 0.5) is 13.2 Å². The van der Waals surface area contributed by atoms with Gasteiger partial charge >= 0.3 is 6.18 Å². The number of aryl methyl sites for hydroxylation is 1. The summed E-state index contributed by atoms with van der Waals surface area (Å²) >= 11 is 0. The number of nitrogens with one attached hydrogen (secondary N) is 1. The summed E-state index contributed by atoms with van der Waals surface area (Å²) in [5, 5.41) is 17.4. The lowest BCUT2D eigenvalue weighted by molar-refractivity contribution is -0.137. The monoisotopic (exact) mass is 327 g/mol. The first-order valence-electron chi connectivity index (χ1n) is 7.38. The van der Waals surface area contributed by atoms with Crippen molar-refractivity contribution in [3.05, 3.63) is 53.3 Å². The van der Waals surface area contributed by atoms with Crippen LogP contribution in [-0.2, 0) is 13.2 Å². The molecule has 0 spiro atoms. The standard InChI is InChI=1S/C16H20F3N3O/c1-3-14(12-8-21-22(2)10-12)20-9-15(23)11-5-4-6-13(7-11)16(17,18)19/h4-8,10,14-15,20,23H,3,9H2,1-2H3. The molecule has 2 atom stereocenters. The number of hydrogen-bond donors (Lipinski definition) is 2. The highest BCUT2D eigenvalue weighted by atomic mass is 19.4. The quantitative estimate of drug-likeness (QED) is 0.856. The topological polar surface area (TPSA) is 50.1 Å². The van der Waals surface area contributed by atoms with E-state index in [9.17, 15) is 18.3 Å². The maximum absolute atomic E-state index is 12.7. The highest BCUT2D eigenvalue weighted by Gasteiger charge is 2.30. The van der Waals surface area contributed by atoms with E-state index in [0.29, 0.717) is 0 Å². The molecule has 1 heterocycles. The number of nitrogens with zero attached hydrogens (tertiary/aromatic N) is 2. The second-order valence-corrected chi connectivity index (χ2v) is 5.46. The zero-order valence-corrected chi connectivity index (χ0v) is 13.0. The van der Waals surface area contributed by atoms with E-state index in [1.165, 1.54) is 12.1 Å². The van der Waals surface area contributed by atoms with E-state index in [1.54, 1.807) is 10.9 Å². The molecule has 0 saturated carbocycles. The second-order valence-electron chi connectivity index (χ2n) is 5.46. The van der Waals surface area contributed by atoms with Crippen LogP contribution >= 0.6 is 0 Å². The molecule has 0 bridgehead atoms. The smallest absolute Gasteiger partial charge is 0.387 e. The minimum atomic E-state index is -4.41. The lowest BCUT2D eigenvalue weighted by atomic mass is 10.0. The van der Waals surface area contributed by atoms with Gasteiger partial charge in [0, 0.05) is 31.4 Å². The fourth-order valence-corrected chi connectivity index (χ4v) is 2.41. The zero-order chi connectivity index (χ0) is 17.0. The van der Waals surface area contributed by atoms with Crippen molar-refractivity contribution in [3.63, 3.8) is 0 Å². The van der Waals surface area contributed by atoms with Crippen LogP contribution in [0.15, 0.2) is 36.7 Å². The summed E-state index contributed by atoms with van der Waals surface area (Å²) in [5.41, 5.74) is 0.466. The largest absolute Gasteiger partial charge is 0.416 e. The zero-order valence-electron chi connectivity index (χ0n) is 13.0. The van der Waals surface area contributed by atoms with Crippen molar-refractivity contribution >= 4 is 0 Å². The van der Waals surface area contributed by atoms with Crippen LogP contribution in [0.25, 0.3) is 0 Å². The molecule has 1 aromatic heterocycles. The molecule has 2 unspecified atom stereocenters. The first kappa shape index (κ1) is 17.5. The summed E-state index contributed by atoms with van der Waals surface area (Å²) in [5.74, 6) is 0. The van der Waals surface area contributed by atoms with Gasteiger partial charge in [-0.1, -0.05) is 19.1 Å². The molecule has 4 nitrogen and oxygen atoms in total. The Kier molecular flexibility index (Phi) is 5.43. The maximum Gasteiger partial charge on any atom is 0.416 e. The molecular formula is C16H20F3N3O. The Hall–Kier alpha value is -1.86. The Labute approximate surface area is 132 Å². The Morgan fingerprint density at radius 1 is 1.30 bits per heavy atom. The van der Waals surface area contributed by atoms with E-state index in [4.69, 9.17) is 0 Å². The third-order valence-electron chi connectivity index (χ3n) is 3.69. The van der Waals surface area contributed by atoms with Crippen molar-refractivity contribution in [1.82, 2.24) is 15.1 Å². The summed E-state index contributed by atoms with van der Waals surface area (Å²) in [4.78, 5) is 0. The summed E-state index contributed by atoms with van der Waals surface area (Å²) in [6, 6.07) is 4.77. The molecule has 7 heteroatoms. The Balaban J connectivity index is 2.02. The molecule has 2 N–H and O–H groups in total. The van der Waals surface area contributed by atoms with Gasteiger partial charge in [-0.15, -0.1) is 0 Å². The normalized spacial score (nSPS) is 14.7. The number of halogens is 3. The third-order valence-corrected chi connectivity index (χ3v) is 3.69. The highest BCUT2D eigenvalue weighted by molar-refractivity contribution is 5.27. The fraction of sp³-hybridized carbons (Fsp3) is 0.438. The molecule has 126 valence electrons. The number of aliphatic hydroxyl groups is 1. The summed E-state index contributed by atoms with van der Waals surface area (Å²) in [6.45, 7) is 2.15. The Morgan fingerprint density at radius 2 is 2.04 bits per heavy atom. The van der Waals surface area contributed by atoms with Gasteiger partial charge in [-0.25, -0.2) is 0 Å². The number of benzene rings is 1. The van der Waals surface area contributed by atoms with Gasteiger partial charge in [-0.3, -0.25) is 4.68 Å². The number of aromatic nitrogens is 2. The molecule has 1 aromatic carbocycles. The van der Waals surface area contributed by atoms with Crippen molar-refractivity contribution < 1.29 is 18.3 Å². The molecule has 0 aliphatic carbocycles.